The smallest absolute Gasteiger partial charge is 0.251 e. The van der Waals surface area contributed by atoms with Gasteiger partial charge in [-0.25, -0.2) is 4.98 Å². The van der Waals surface area contributed by atoms with E-state index in [2.05, 4.69) is 30.8 Å². The summed E-state index contributed by atoms with van der Waals surface area (Å²) in [6.07, 6.45) is 7.97. The summed E-state index contributed by atoms with van der Waals surface area (Å²) in [4.78, 5) is 24.0. The topological polar surface area (TPSA) is 72.3 Å². The summed E-state index contributed by atoms with van der Waals surface area (Å²) in [5, 5.41) is 3.12. The molecule has 1 saturated heterocycles. The van der Waals surface area contributed by atoms with Crippen LogP contribution in [0, 0.1) is 0 Å². The molecule has 2 aromatic heterocycles. The van der Waals surface area contributed by atoms with Crippen molar-refractivity contribution in [3.05, 3.63) is 60.2 Å². The van der Waals surface area contributed by atoms with Gasteiger partial charge in [0.15, 0.2) is 0 Å². The lowest BCUT2D eigenvalue weighted by Crippen LogP contribution is -2.43. The molecular formula is C22H25N5O2. The zero-order chi connectivity index (χ0) is 19.6. The largest absolute Gasteiger partial charge is 0.379 e. The van der Waals surface area contributed by atoms with Crippen molar-refractivity contribution in [3.63, 3.8) is 0 Å². The number of ether oxygens (including phenoxy) is 1. The monoisotopic (exact) mass is 391 g/mol. The number of carbonyl (C=O) groups is 1. The molecule has 2 aliphatic rings. The second-order valence-corrected chi connectivity index (χ2v) is 7.75. The molecule has 1 N–H and O–H groups in total. The first-order chi connectivity index (χ1) is 14.3. The Bertz CT molecular complexity index is 993. The first-order valence-electron chi connectivity index (χ1n) is 10.3. The van der Waals surface area contributed by atoms with Crippen LogP contribution >= 0.6 is 0 Å². The molecule has 0 spiro atoms. The van der Waals surface area contributed by atoms with Gasteiger partial charge >= 0.3 is 0 Å². The van der Waals surface area contributed by atoms with E-state index in [9.17, 15) is 4.79 Å². The van der Waals surface area contributed by atoms with Crippen LogP contribution in [0.4, 0.5) is 0 Å². The van der Waals surface area contributed by atoms with Gasteiger partial charge in [0, 0.05) is 43.6 Å². The number of hydrogen-bond acceptors (Lipinski definition) is 5. The zero-order valence-electron chi connectivity index (χ0n) is 16.3. The summed E-state index contributed by atoms with van der Waals surface area (Å²) < 4.78 is 7.71. The number of morpholine rings is 1. The molecule has 3 aromatic rings. The van der Waals surface area contributed by atoms with E-state index in [1.807, 2.05) is 36.8 Å². The highest BCUT2D eigenvalue weighted by Crippen LogP contribution is 2.37. The average molecular weight is 391 g/mol. The molecule has 29 heavy (non-hydrogen) atoms. The lowest BCUT2D eigenvalue weighted by atomic mass is 10.1. The van der Waals surface area contributed by atoms with Gasteiger partial charge in [-0.3, -0.25) is 14.7 Å². The van der Waals surface area contributed by atoms with E-state index >= 15 is 0 Å². The molecule has 5 rings (SSSR count). The van der Waals surface area contributed by atoms with Gasteiger partial charge in [-0.15, -0.1) is 0 Å². The van der Waals surface area contributed by atoms with Gasteiger partial charge < -0.3 is 14.6 Å². The van der Waals surface area contributed by atoms with Gasteiger partial charge in [-0.05, 0) is 42.7 Å². The van der Waals surface area contributed by atoms with Gasteiger partial charge in [0.05, 0.1) is 36.6 Å². The second kappa shape index (κ2) is 7.93. The number of nitrogens with zero attached hydrogens (tertiary/aromatic N) is 4. The Morgan fingerprint density at radius 1 is 1.24 bits per heavy atom. The average Bonchev–Trinajstić information content (AvgIpc) is 3.54. The highest BCUT2D eigenvalue weighted by molar-refractivity contribution is 5.97. The minimum Gasteiger partial charge on any atom is -0.379 e. The van der Waals surface area contributed by atoms with Gasteiger partial charge in [0.25, 0.3) is 5.91 Å². The van der Waals surface area contributed by atoms with Crippen LogP contribution < -0.4 is 5.32 Å². The highest BCUT2D eigenvalue weighted by atomic mass is 16.5. The summed E-state index contributed by atoms with van der Waals surface area (Å²) in [6.45, 7) is 3.65. The lowest BCUT2D eigenvalue weighted by Gasteiger charge is -2.34. The first-order valence-corrected chi connectivity index (χ1v) is 10.3. The molecule has 1 aromatic carbocycles. The standard InChI is InChI=1S/C22H25N5O2/c28-22(16-3-6-20-19(12-16)25-15-27(20)18-4-5-18)24-14-21(17-2-1-7-23-13-17)26-8-10-29-11-9-26/h1-3,6-7,12-13,15,18,21H,4-5,8-11,14H2,(H,24,28)/t21-/m1/s1. The number of imidazole rings is 1. The molecule has 2 fully saturated rings. The fraction of sp³-hybridized carbons (Fsp3) is 0.409. The number of pyridine rings is 1. The maximum Gasteiger partial charge on any atom is 0.251 e. The minimum absolute atomic E-state index is 0.0741. The Morgan fingerprint density at radius 3 is 2.86 bits per heavy atom. The summed E-state index contributed by atoms with van der Waals surface area (Å²) in [5.74, 6) is -0.0741. The third kappa shape index (κ3) is 3.88. The number of amides is 1. The molecule has 0 radical (unpaired) electrons. The first kappa shape index (κ1) is 18.3. The van der Waals surface area contributed by atoms with E-state index in [-0.39, 0.29) is 11.9 Å². The fourth-order valence-electron chi connectivity index (χ4n) is 4.03. The Balaban J connectivity index is 1.31. The van der Waals surface area contributed by atoms with Gasteiger partial charge in [0.2, 0.25) is 0 Å². The zero-order valence-corrected chi connectivity index (χ0v) is 16.3. The van der Waals surface area contributed by atoms with Crippen LogP contribution in [0.3, 0.4) is 0 Å². The van der Waals surface area contributed by atoms with Gasteiger partial charge in [0.1, 0.15) is 0 Å². The molecule has 1 atom stereocenters. The Hall–Kier alpha value is -2.77. The number of aromatic nitrogens is 3. The van der Waals surface area contributed by atoms with Crippen molar-refractivity contribution in [1.82, 2.24) is 24.8 Å². The van der Waals surface area contributed by atoms with Crippen LogP contribution in [0.1, 0.15) is 40.8 Å². The van der Waals surface area contributed by atoms with Crippen LogP contribution in [0.15, 0.2) is 49.1 Å². The van der Waals surface area contributed by atoms with Crippen LogP contribution in [-0.4, -0.2) is 58.2 Å². The van der Waals surface area contributed by atoms with Gasteiger partial charge in [-0.1, -0.05) is 6.07 Å². The Labute approximate surface area is 169 Å². The van der Waals surface area contributed by atoms with Gasteiger partial charge in [-0.2, -0.15) is 0 Å². The number of benzene rings is 1. The lowest BCUT2D eigenvalue weighted by molar-refractivity contribution is 0.0161. The maximum atomic E-state index is 12.9. The van der Waals surface area contributed by atoms with E-state index in [4.69, 9.17) is 4.74 Å². The molecule has 1 aliphatic heterocycles. The Morgan fingerprint density at radius 2 is 2.10 bits per heavy atom. The molecule has 7 nitrogen and oxygen atoms in total. The van der Waals surface area contributed by atoms with Crippen molar-refractivity contribution in [2.24, 2.45) is 0 Å². The number of nitrogens with one attached hydrogen (secondary N) is 1. The van der Waals surface area contributed by atoms with Crippen molar-refractivity contribution in [1.29, 1.82) is 0 Å². The van der Waals surface area contributed by atoms with Crippen molar-refractivity contribution < 1.29 is 9.53 Å². The minimum atomic E-state index is -0.0741. The normalized spacial score (nSPS) is 18.6. The van der Waals surface area contributed by atoms with Crippen LogP contribution in [0.2, 0.25) is 0 Å². The number of carbonyl (C=O) groups excluding carboxylic acids is 1. The molecule has 7 heteroatoms. The quantitative estimate of drug-likeness (QED) is 0.699. The summed E-state index contributed by atoms with van der Waals surface area (Å²) in [6, 6.07) is 10.5. The summed E-state index contributed by atoms with van der Waals surface area (Å²) >= 11 is 0. The molecule has 1 amide bonds. The molecular weight excluding hydrogens is 366 g/mol. The Kier molecular flexibility index (Phi) is 4.99. The fourth-order valence-corrected chi connectivity index (χ4v) is 4.03. The van der Waals surface area contributed by atoms with E-state index in [1.54, 1.807) is 6.20 Å². The van der Waals surface area contributed by atoms with Crippen molar-refractivity contribution in [2.75, 3.05) is 32.8 Å². The van der Waals surface area contributed by atoms with Crippen molar-refractivity contribution >= 4 is 16.9 Å². The second-order valence-electron chi connectivity index (χ2n) is 7.75. The molecule has 3 heterocycles. The third-order valence-corrected chi connectivity index (χ3v) is 5.79. The highest BCUT2D eigenvalue weighted by Gasteiger charge is 2.26. The molecule has 1 aliphatic carbocycles. The van der Waals surface area contributed by atoms with E-state index in [1.165, 1.54) is 12.8 Å². The summed E-state index contributed by atoms with van der Waals surface area (Å²) in [7, 11) is 0. The number of fused-ring (bicyclic) bond motifs is 1. The number of rotatable bonds is 6. The van der Waals surface area contributed by atoms with E-state index < -0.39 is 0 Å². The van der Waals surface area contributed by atoms with Crippen LogP contribution in [0.5, 0.6) is 0 Å². The number of hydrogen-bond donors (Lipinski definition) is 1. The molecule has 0 unspecified atom stereocenters. The predicted molar refractivity (Wildman–Crippen MR) is 110 cm³/mol. The third-order valence-electron chi connectivity index (χ3n) is 5.79. The van der Waals surface area contributed by atoms with Crippen LogP contribution in [-0.2, 0) is 4.74 Å². The molecule has 150 valence electrons. The van der Waals surface area contributed by atoms with Crippen molar-refractivity contribution in [2.45, 2.75) is 24.9 Å². The van der Waals surface area contributed by atoms with Crippen molar-refractivity contribution in [3.8, 4) is 0 Å². The molecule has 1 saturated carbocycles. The van der Waals surface area contributed by atoms with E-state index in [0.29, 0.717) is 31.4 Å². The van der Waals surface area contributed by atoms with Crippen LogP contribution in [0.25, 0.3) is 11.0 Å². The maximum absolute atomic E-state index is 12.9. The summed E-state index contributed by atoms with van der Waals surface area (Å²) in [5.41, 5.74) is 3.73. The van der Waals surface area contributed by atoms with E-state index in [0.717, 1.165) is 29.7 Å². The SMILES string of the molecule is O=C(NC[C@H](c1cccnc1)N1CCOCC1)c1ccc2c(c1)ncn2C1CC1. The molecule has 0 bridgehead atoms. The predicted octanol–water partition coefficient (Wildman–Crippen LogP) is 2.57.